The second-order valence-corrected chi connectivity index (χ2v) is 5.20. The van der Waals surface area contributed by atoms with Crippen molar-refractivity contribution in [3.8, 4) is 5.75 Å². The maximum absolute atomic E-state index is 12.3. The molecule has 0 fully saturated rings. The van der Waals surface area contributed by atoms with Gasteiger partial charge in [-0.3, -0.25) is 4.79 Å². The monoisotopic (exact) mass is 303 g/mol. The summed E-state index contributed by atoms with van der Waals surface area (Å²) in [5, 5.41) is 6.72. The van der Waals surface area contributed by atoms with Crippen molar-refractivity contribution in [1.29, 1.82) is 0 Å². The number of hydrogen-bond acceptors (Lipinski definition) is 5. The number of nitrogens with zero attached hydrogens (tertiary/aromatic N) is 1. The Balaban J connectivity index is 2.13. The summed E-state index contributed by atoms with van der Waals surface area (Å²) in [6, 6.07) is 7.01. The molecule has 118 valence electrons. The van der Waals surface area contributed by atoms with Gasteiger partial charge in [0.2, 0.25) is 0 Å². The molecule has 6 nitrogen and oxygen atoms in total. The molecule has 0 bridgehead atoms. The first-order chi connectivity index (χ1) is 10.5. The van der Waals surface area contributed by atoms with Crippen LogP contribution in [0.15, 0.2) is 28.8 Å². The Morgan fingerprint density at radius 3 is 2.77 bits per heavy atom. The van der Waals surface area contributed by atoms with Crippen LogP contribution in [0.3, 0.4) is 0 Å². The van der Waals surface area contributed by atoms with E-state index in [4.69, 9.17) is 15.0 Å². The first-order valence-corrected chi connectivity index (χ1v) is 7.17. The van der Waals surface area contributed by atoms with Crippen molar-refractivity contribution in [2.24, 2.45) is 5.73 Å². The normalized spacial score (nSPS) is 12.0. The van der Waals surface area contributed by atoms with Gasteiger partial charge in [0, 0.05) is 12.6 Å². The summed E-state index contributed by atoms with van der Waals surface area (Å²) in [5.74, 6) is 1.03. The number of carbonyl (C=O) groups excluding carboxylic acids is 1. The van der Waals surface area contributed by atoms with Crippen LogP contribution in [0, 0.1) is 13.8 Å². The van der Waals surface area contributed by atoms with Gasteiger partial charge in [-0.25, -0.2) is 0 Å². The van der Waals surface area contributed by atoms with Gasteiger partial charge >= 0.3 is 0 Å². The molecular weight excluding hydrogens is 282 g/mol. The van der Waals surface area contributed by atoms with Crippen LogP contribution in [0.4, 0.5) is 0 Å². The molecule has 3 N–H and O–H groups in total. The molecule has 1 amide bonds. The summed E-state index contributed by atoms with van der Waals surface area (Å²) in [4.78, 5) is 12.3. The topological polar surface area (TPSA) is 90.4 Å². The molecule has 0 spiro atoms. The lowest BCUT2D eigenvalue weighted by atomic mass is 10.1. The molecule has 1 atom stereocenters. The van der Waals surface area contributed by atoms with Crippen LogP contribution in [0.1, 0.15) is 34.3 Å². The van der Waals surface area contributed by atoms with Crippen molar-refractivity contribution in [3.63, 3.8) is 0 Å². The molecule has 0 aliphatic rings. The van der Waals surface area contributed by atoms with Gasteiger partial charge < -0.3 is 20.3 Å². The number of hydrogen-bond donors (Lipinski definition) is 2. The molecule has 1 aromatic carbocycles. The maximum atomic E-state index is 12.3. The summed E-state index contributed by atoms with van der Waals surface area (Å²) >= 11 is 0. The summed E-state index contributed by atoms with van der Waals surface area (Å²) in [5.41, 5.74) is 7.69. The van der Waals surface area contributed by atoms with Gasteiger partial charge in [-0.2, -0.15) is 0 Å². The van der Waals surface area contributed by atoms with Gasteiger partial charge in [-0.15, -0.1) is 0 Å². The quantitative estimate of drug-likeness (QED) is 0.851. The van der Waals surface area contributed by atoms with Crippen LogP contribution in [-0.2, 0) is 6.61 Å². The third kappa shape index (κ3) is 3.65. The molecule has 1 aromatic heterocycles. The van der Waals surface area contributed by atoms with Crippen molar-refractivity contribution in [1.82, 2.24) is 10.5 Å². The zero-order valence-corrected chi connectivity index (χ0v) is 13.1. The maximum Gasteiger partial charge on any atom is 0.255 e. The average Bonchev–Trinajstić information content (AvgIpc) is 2.84. The minimum atomic E-state index is -0.202. The molecule has 22 heavy (non-hydrogen) atoms. The molecule has 0 saturated heterocycles. The second-order valence-electron chi connectivity index (χ2n) is 5.20. The lowest BCUT2D eigenvalue weighted by molar-refractivity contribution is 0.0936. The SMILES string of the molecule is Cc1noc(C)c1COc1ccccc1C(=O)N[C@@H](C)CN. The highest BCUT2D eigenvalue weighted by Gasteiger charge is 2.15. The number of nitrogens with one attached hydrogen (secondary N) is 1. The minimum absolute atomic E-state index is 0.0943. The number of aromatic nitrogens is 1. The van der Waals surface area contributed by atoms with E-state index >= 15 is 0 Å². The Labute approximate surface area is 129 Å². The number of amides is 1. The summed E-state index contributed by atoms with van der Waals surface area (Å²) in [7, 11) is 0. The standard InChI is InChI=1S/C16H21N3O3/c1-10(8-17)18-16(20)13-6-4-5-7-15(13)21-9-14-11(2)19-22-12(14)3/h4-7,10H,8-9,17H2,1-3H3,(H,18,20)/t10-/m0/s1. The Morgan fingerprint density at radius 2 is 2.14 bits per heavy atom. The summed E-state index contributed by atoms with van der Waals surface area (Å²) < 4.78 is 10.9. The molecule has 0 radical (unpaired) electrons. The van der Waals surface area contributed by atoms with E-state index in [-0.39, 0.29) is 11.9 Å². The van der Waals surface area contributed by atoms with E-state index in [2.05, 4.69) is 10.5 Å². The third-order valence-electron chi connectivity index (χ3n) is 3.42. The predicted molar refractivity (Wildman–Crippen MR) is 82.7 cm³/mol. The third-order valence-corrected chi connectivity index (χ3v) is 3.42. The van der Waals surface area contributed by atoms with Crippen LogP contribution in [0.25, 0.3) is 0 Å². The Hall–Kier alpha value is -2.34. The van der Waals surface area contributed by atoms with Crippen molar-refractivity contribution >= 4 is 5.91 Å². The highest BCUT2D eigenvalue weighted by Crippen LogP contribution is 2.21. The van der Waals surface area contributed by atoms with Crippen molar-refractivity contribution < 1.29 is 14.1 Å². The summed E-state index contributed by atoms with van der Waals surface area (Å²) in [6.45, 7) is 6.23. The van der Waals surface area contributed by atoms with E-state index in [0.29, 0.717) is 24.5 Å². The Morgan fingerprint density at radius 1 is 1.41 bits per heavy atom. The zero-order valence-electron chi connectivity index (χ0n) is 13.1. The minimum Gasteiger partial charge on any atom is -0.488 e. The van der Waals surface area contributed by atoms with Crippen molar-refractivity contribution in [2.75, 3.05) is 6.54 Å². The lowest BCUT2D eigenvalue weighted by Crippen LogP contribution is -2.37. The molecule has 2 rings (SSSR count). The molecule has 0 aliphatic carbocycles. The number of benzene rings is 1. The molecule has 2 aromatic rings. The van der Waals surface area contributed by atoms with Gasteiger partial charge in [-0.1, -0.05) is 17.3 Å². The molecule has 0 unspecified atom stereocenters. The van der Waals surface area contributed by atoms with Crippen LogP contribution in [0.2, 0.25) is 0 Å². The largest absolute Gasteiger partial charge is 0.488 e. The van der Waals surface area contributed by atoms with Gasteiger partial charge in [0.15, 0.2) is 0 Å². The van der Waals surface area contributed by atoms with E-state index in [1.807, 2.05) is 26.8 Å². The van der Waals surface area contributed by atoms with Crippen molar-refractivity contribution in [2.45, 2.75) is 33.4 Å². The van der Waals surface area contributed by atoms with Gasteiger partial charge in [0.25, 0.3) is 5.91 Å². The van der Waals surface area contributed by atoms with Gasteiger partial charge in [0.1, 0.15) is 18.1 Å². The highest BCUT2D eigenvalue weighted by molar-refractivity contribution is 5.97. The Bertz CT molecular complexity index is 632. The summed E-state index contributed by atoms with van der Waals surface area (Å²) in [6.07, 6.45) is 0. The molecule has 0 saturated carbocycles. The predicted octanol–water partition coefficient (Wildman–Crippen LogP) is 1.95. The molecule has 6 heteroatoms. The van der Waals surface area contributed by atoms with Crippen LogP contribution in [-0.4, -0.2) is 23.7 Å². The fourth-order valence-electron chi connectivity index (χ4n) is 2.00. The van der Waals surface area contributed by atoms with E-state index in [0.717, 1.165) is 17.0 Å². The molecule has 1 heterocycles. The molecule has 0 aliphatic heterocycles. The van der Waals surface area contributed by atoms with E-state index < -0.39 is 0 Å². The van der Waals surface area contributed by atoms with Gasteiger partial charge in [-0.05, 0) is 32.9 Å². The molecular formula is C16H21N3O3. The average molecular weight is 303 g/mol. The number of para-hydroxylation sites is 1. The van der Waals surface area contributed by atoms with E-state index in [1.165, 1.54) is 0 Å². The second kappa shape index (κ2) is 7.09. The van der Waals surface area contributed by atoms with Crippen molar-refractivity contribution in [3.05, 3.63) is 46.8 Å². The Kier molecular flexibility index (Phi) is 5.16. The van der Waals surface area contributed by atoms with E-state index in [1.54, 1.807) is 18.2 Å². The fourth-order valence-corrected chi connectivity index (χ4v) is 2.00. The fraction of sp³-hybridized carbons (Fsp3) is 0.375. The first-order valence-electron chi connectivity index (χ1n) is 7.17. The lowest BCUT2D eigenvalue weighted by Gasteiger charge is -2.14. The zero-order chi connectivity index (χ0) is 16.1. The number of nitrogens with two attached hydrogens (primary N) is 1. The van der Waals surface area contributed by atoms with Crippen LogP contribution in [0.5, 0.6) is 5.75 Å². The van der Waals surface area contributed by atoms with Crippen LogP contribution < -0.4 is 15.8 Å². The number of carbonyl (C=O) groups is 1. The van der Waals surface area contributed by atoms with Gasteiger partial charge in [0.05, 0.1) is 16.8 Å². The number of ether oxygens (including phenoxy) is 1. The van der Waals surface area contributed by atoms with Crippen LogP contribution >= 0.6 is 0 Å². The van der Waals surface area contributed by atoms with E-state index in [9.17, 15) is 4.79 Å². The smallest absolute Gasteiger partial charge is 0.255 e. The number of rotatable bonds is 6. The number of aryl methyl sites for hydroxylation is 2. The highest BCUT2D eigenvalue weighted by atomic mass is 16.5. The first kappa shape index (κ1) is 16.0.